The Morgan fingerprint density at radius 3 is 2.50 bits per heavy atom. The molecule has 0 unspecified atom stereocenters. The largest absolute Gasteiger partial charge is 0.462 e. The molecule has 26 heavy (non-hydrogen) atoms. The Morgan fingerprint density at radius 1 is 1.31 bits per heavy atom. The normalized spacial score (nSPS) is 13.9. The zero-order chi connectivity index (χ0) is 19.3. The van der Waals surface area contributed by atoms with Crippen LogP contribution in [0.1, 0.15) is 24.2 Å². The number of nitro groups is 1. The van der Waals surface area contributed by atoms with E-state index in [-0.39, 0.29) is 23.8 Å². The highest BCUT2D eigenvalue weighted by molar-refractivity contribution is 7.80. The van der Waals surface area contributed by atoms with Crippen LogP contribution in [0, 0.1) is 10.1 Å². The van der Waals surface area contributed by atoms with Crippen LogP contribution in [0.3, 0.4) is 0 Å². The van der Waals surface area contributed by atoms with Crippen LogP contribution in [0.15, 0.2) is 18.2 Å². The predicted octanol–water partition coefficient (Wildman–Crippen LogP) is 1.31. The lowest BCUT2D eigenvalue weighted by atomic mass is 10.1. The summed E-state index contributed by atoms with van der Waals surface area (Å²) in [5, 5.41) is 14.4. The van der Waals surface area contributed by atoms with Gasteiger partial charge in [0.25, 0.3) is 5.69 Å². The first kappa shape index (κ1) is 19.6. The number of thiocarbonyl (C=S) groups is 1. The van der Waals surface area contributed by atoms with Gasteiger partial charge in [0.05, 0.1) is 17.1 Å². The van der Waals surface area contributed by atoms with Crippen molar-refractivity contribution in [1.82, 2.24) is 10.2 Å². The Hall–Kier alpha value is -2.75. The number of hydrogen-bond donors (Lipinski definition) is 1. The summed E-state index contributed by atoms with van der Waals surface area (Å²) in [6, 6.07) is 4.32. The van der Waals surface area contributed by atoms with Crippen LogP contribution < -0.4 is 10.2 Å². The van der Waals surface area contributed by atoms with E-state index in [1.54, 1.807) is 13.0 Å². The molecule has 1 aromatic rings. The zero-order valence-corrected chi connectivity index (χ0v) is 15.4. The van der Waals surface area contributed by atoms with Gasteiger partial charge in [0, 0.05) is 39.2 Å². The Balaban J connectivity index is 2.14. The molecule has 1 aliphatic rings. The molecular formula is C16H20N4O5S. The van der Waals surface area contributed by atoms with Crippen molar-refractivity contribution in [2.24, 2.45) is 0 Å². The number of nitrogens with zero attached hydrogens (tertiary/aromatic N) is 3. The molecule has 1 saturated heterocycles. The molecule has 9 nitrogen and oxygen atoms in total. The van der Waals surface area contributed by atoms with E-state index in [2.05, 4.69) is 5.32 Å². The van der Waals surface area contributed by atoms with Crippen molar-refractivity contribution < 1.29 is 19.2 Å². The average Bonchev–Trinajstić information content (AvgIpc) is 2.61. The van der Waals surface area contributed by atoms with Crippen molar-refractivity contribution in [2.45, 2.75) is 13.8 Å². The molecule has 0 bridgehead atoms. The van der Waals surface area contributed by atoms with E-state index in [1.165, 1.54) is 19.1 Å². The first-order valence-corrected chi connectivity index (χ1v) is 8.51. The van der Waals surface area contributed by atoms with Crippen molar-refractivity contribution >= 4 is 40.6 Å². The lowest BCUT2D eigenvalue weighted by molar-refractivity contribution is -0.384. The van der Waals surface area contributed by atoms with Gasteiger partial charge in [0.15, 0.2) is 5.11 Å². The molecule has 1 aliphatic heterocycles. The summed E-state index contributed by atoms with van der Waals surface area (Å²) < 4.78 is 4.89. The number of nitrogens with one attached hydrogen (secondary N) is 1. The standard InChI is InChI=1S/C16H20N4O5S/c1-3-25-15(22)12-4-5-13(14(10-12)20(23)24)18-6-8-19(9-7-18)16(26)17-11(2)21/h4-5,10H,3,6-9H2,1-2H3,(H,17,21,26). The van der Waals surface area contributed by atoms with Crippen LogP contribution in [-0.2, 0) is 9.53 Å². The Morgan fingerprint density at radius 2 is 1.96 bits per heavy atom. The van der Waals surface area contributed by atoms with Crippen molar-refractivity contribution in [3.05, 3.63) is 33.9 Å². The second-order valence-corrected chi connectivity index (χ2v) is 6.03. The predicted molar refractivity (Wildman–Crippen MR) is 99.3 cm³/mol. The lowest BCUT2D eigenvalue weighted by Crippen LogP contribution is -2.52. The third-order valence-electron chi connectivity index (χ3n) is 3.87. The fourth-order valence-electron chi connectivity index (χ4n) is 2.66. The number of anilines is 1. The van der Waals surface area contributed by atoms with E-state index in [1.807, 2.05) is 9.80 Å². The summed E-state index contributed by atoms with van der Waals surface area (Å²) in [4.78, 5) is 37.5. The summed E-state index contributed by atoms with van der Waals surface area (Å²) in [7, 11) is 0. The van der Waals surface area contributed by atoms with Gasteiger partial charge in [-0.05, 0) is 31.3 Å². The number of rotatable bonds is 4. The van der Waals surface area contributed by atoms with Gasteiger partial charge < -0.3 is 19.9 Å². The molecule has 1 aromatic carbocycles. The van der Waals surface area contributed by atoms with E-state index in [0.717, 1.165) is 0 Å². The van der Waals surface area contributed by atoms with E-state index in [4.69, 9.17) is 17.0 Å². The molecule has 0 spiro atoms. The molecule has 1 amide bonds. The van der Waals surface area contributed by atoms with Crippen LogP contribution in [-0.4, -0.2) is 59.6 Å². The SMILES string of the molecule is CCOC(=O)c1ccc(N2CCN(C(=S)NC(C)=O)CC2)c([N+](=O)[O-])c1. The number of carbonyl (C=O) groups excluding carboxylic acids is 2. The molecular weight excluding hydrogens is 360 g/mol. The quantitative estimate of drug-likeness (QED) is 0.361. The zero-order valence-electron chi connectivity index (χ0n) is 14.6. The first-order chi connectivity index (χ1) is 12.3. The fourth-order valence-corrected chi connectivity index (χ4v) is 2.98. The molecule has 1 heterocycles. The lowest BCUT2D eigenvalue weighted by Gasteiger charge is -2.36. The van der Waals surface area contributed by atoms with Crippen LogP contribution in [0.4, 0.5) is 11.4 Å². The first-order valence-electron chi connectivity index (χ1n) is 8.10. The van der Waals surface area contributed by atoms with Gasteiger partial charge in [-0.15, -0.1) is 0 Å². The number of piperazine rings is 1. The van der Waals surface area contributed by atoms with Crippen LogP contribution in [0.25, 0.3) is 0 Å². The van der Waals surface area contributed by atoms with E-state index < -0.39 is 10.9 Å². The minimum absolute atomic E-state index is 0.145. The molecule has 0 atom stereocenters. The van der Waals surface area contributed by atoms with Gasteiger partial charge in [0.1, 0.15) is 5.69 Å². The number of nitro benzene ring substituents is 1. The maximum absolute atomic E-state index is 11.8. The Labute approximate surface area is 156 Å². The van der Waals surface area contributed by atoms with Gasteiger partial charge >= 0.3 is 5.97 Å². The monoisotopic (exact) mass is 380 g/mol. The number of esters is 1. The summed E-state index contributed by atoms with van der Waals surface area (Å²) >= 11 is 5.16. The summed E-state index contributed by atoms with van der Waals surface area (Å²) in [6.45, 7) is 5.30. The number of amides is 1. The second kappa shape index (κ2) is 8.56. The molecule has 1 N–H and O–H groups in total. The van der Waals surface area contributed by atoms with Crippen molar-refractivity contribution in [2.75, 3.05) is 37.7 Å². The maximum atomic E-state index is 11.8. The van der Waals surface area contributed by atoms with Gasteiger partial charge in [-0.25, -0.2) is 4.79 Å². The van der Waals surface area contributed by atoms with Gasteiger partial charge in [0.2, 0.25) is 5.91 Å². The average molecular weight is 380 g/mol. The summed E-state index contributed by atoms with van der Waals surface area (Å²) in [5.74, 6) is -0.824. The van der Waals surface area contributed by atoms with Crippen LogP contribution >= 0.6 is 12.2 Å². The molecule has 0 aromatic heterocycles. The summed E-state index contributed by atoms with van der Waals surface area (Å²) in [6.07, 6.45) is 0. The van der Waals surface area contributed by atoms with Crippen molar-refractivity contribution in [3.63, 3.8) is 0 Å². The van der Waals surface area contributed by atoms with Crippen LogP contribution in [0.2, 0.25) is 0 Å². The van der Waals surface area contributed by atoms with Gasteiger partial charge in [-0.1, -0.05) is 0 Å². The number of ether oxygens (including phenoxy) is 1. The third kappa shape index (κ3) is 4.66. The minimum Gasteiger partial charge on any atom is -0.462 e. The fraction of sp³-hybridized carbons (Fsp3) is 0.438. The van der Waals surface area contributed by atoms with E-state index >= 15 is 0 Å². The molecule has 140 valence electrons. The highest BCUT2D eigenvalue weighted by Crippen LogP contribution is 2.30. The third-order valence-corrected chi connectivity index (χ3v) is 4.23. The van der Waals surface area contributed by atoms with E-state index in [0.29, 0.717) is 37.0 Å². The molecule has 0 saturated carbocycles. The molecule has 0 aliphatic carbocycles. The van der Waals surface area contributed by atoms with Crippen LogP contribution in [0.5, 0.6) is 0 Å². The minimum atomic E-state index is -0.590. The maximum Gasteiger partial charge on any atom is 0.338 e. The molecule has 0 radical (unpaired) electrons. The Kier molecular flexibility index (Phi) is 6.45. The van der Waals surface area contributed by atoms with Crippen molar-refractivity contribution in [1.29, 1.82) is 0 Å². The number of hydrogen-bond acceptors (Lipinski definition) is 7. The van der Waals surface area contributed by atoms with Gasteiger partial charge in [-0.2, -0.15) is 0 Å². The second-order valence-electron chi connectivity index (χ2n) is 5.64. The smallest absolute Gasteiger partial charge is 0.338 e. The van der Waals surface area contributed by atoms with Crippen molar-refractivity contribution in [3.8, 4) is 0 Å². The summed E-state index contributed by atoms with van der Waals surface area (Å²) in [5.41, 5.74) is 0.439. The van der Waals surface area contributed by atoms with E-state index in [9.17, 15) is 19.7 Å². The molecule has 2 rings (SSSR count). The van der Waals surface area contributed by atoms with Gasteiger partial charge in [-0.3, -0.25) is 14.9 Å². The molecule has 10 heteroatoms. The number of benzene rings is 1. The molecule has 1 fully saturated rings. The highest BCUT2D eigenvalue weighted by Gasteiger charge is 2.26. The Bertz CT molecular complexity index is 731. The topological polar surface area (TPSA) is 105 Å². The number of carbonyl (C=O) groups is 2. The highest BCUT2D eigenvalue weighted by atomic mass is 32.1.